The second-order valence-corrected chi connectivity index (χ2v) is 7.42. The Morgan fingerprint density at radius 1 is 1.28 bits per heavy atom. The van der Waals surface area contributed by atoms with E-state index < -0.39 is 5.82 Å². The predicted octanol–water partition coefficient (Wildman–Crippen LogP) is 5.28. The van der Waals surface area contributed by atoms with E-state index in [1.807, 2.05) is 6.07 Å². The lowest BCUT2D eigenvalue weighted by Crippen LogP contribution is -1.99. The van der Waals surface area contributed by atoms with Crippen LogP contribution in [0.4, 0.5) is 4.39 Å². The molecule has 1 radical (unpaired) electrons. The molecule has 4 aromatic rings. The zero-order chi connectivity index (χ0) is 20.5. The molecule has 0 fully saturated rings. The van der Waals surface area contributed by atoms with E-state index in [4.69, 9.17) is 21.6 Å². The molecule has 0 aliphatic rings. The van der Waals surface area contributed by atoms with E-state index in [2.05, 4.69) is 38.3 Å². The molecule has 0 N–H and O–H groups in total. The van der Waals surface area contributed by atoms with Crippen LogP contribution in [-0.2, 0) is 6.42 Å². The molecule has 143 valence electrons. The van der Waals surface area contributed by atoms with Crippen LogP contribution in [0.1, 0.15) is 16.8 Å². The molecule has 0 spiro atoms. The first-order chi connectivity index (χ1) is 14.0. The van der Waals surface area contributed by atoms with E-state index in [1.54, 1.807) is 24.4 Å². The summed E-state index contributed by atoms with van der Waals surface area (Å²) in [4.78, 5) is 0. The normalized spacial score (nSPS) is 10.9. The number of fused-ring (bicyclic) bond motifs is 1. The van der Waals surface area contributed by atoms with Gasteiger partial charge in [0.15, 0.2) is 17.2 Å². The molecule has 0 unspecified atom stereocenters. The fraction of sp³-hybridized carbons (Fsp3) is 0.0500. The number of benzene rings is 2. The molecule has 2 aromatic carbocycles. The fourth-order valence-corrected chi connectivity index (χ4v) is 3.52. The molecule has 9 heteroatoms. The van der Waals surface area contributed by atoms with Crippen molar-refractivity contribution >= 4 is 38.6 Å². The molecule has 6 nitrogen and oxygen atoms in total. The van der Waals surface area contributed by atoms with Crippen LogP contribution in [0.15, 0.2) is 47.1 Å². The average molecular weight is 472 g/mol. The van der Waals surface area contributed by atoms with Gasteiger partial charge in [-0.15, -0.1) is 5.10 Å². The number of nitrogens with zero attached hydrogens (tertiary/aromatic N) is 5. The van der Waals surface area contributed by atoms with E-state index in [1.165, 1.54) is 22.9 Å². The third-order valence-corrected chi connectivity index (χ3v) is 5.05. The van der Waals surface area contributed by atoms with Crippen molar-refractivity contribution in [3.63, 3.8) is 0 Å². The van der Waals surface area contributed by atoms with Gasteiger partial charge in [0.25, 0.3) is 0 Å². The minimum absolute atomic E-state index is 0.00758. The van der Waals surface area contributed by atoms with Crippen LogP contribution in [0.3, 0.4) is 0 Å². The highest BCUT2D eigenvalue weighted by Gasteiger charge is 2.18. The maximum absolute atomic E-state index is 15.3. The predicted molar refractivity (Wildman–Crippen MR) is 109 cm³/mol. The van der Waals surface area contributed by atoms with Crippen molar-refractivity contribution in [3.8, 4) is 17.6 Å². The second kappa shape index (κ2) is 7.78. The molecule has 2 heterocycles. The first-order valence-corrected chi connectivity index (χ1v) is 9.49. The molecule has 0 saturated carbocycles. The Morgan fingerprint density at radius 2 is 2.10 bits per heavy atom. The van der Waals surface area contributed by atoms with E-state index in [0.29, 0.717) is 32.0 Å². The molecule has 0 bridgehead atoms. The summed E-state index contributed by atoms with van der Waals surface area (Å²) in [6.07, 6.45) is 1.76. The number of ether oxygens (including phenoxy) is 1. The number of halogens is 3. The van der Waals surface area contributed by atoms with Crippen LogP contribution in [-0.4, -0.2) is 20.0 Å². The molecule has 2 aromatic heterocycles. The molecule has 29 heavy (non-hydrogen) atoms. The van der Waals surface area contributed by atoms with E-state index in [0.717, 1.165) is 5.39 Å². The van der Waals surface area contributed by atoms with Crippen molar-refractivity contribution < 1.29 is 9.13 Å². The number of aromatic nitrogens is 4. The number of hydrogen-bond acceptors (Lipinski definition) is 5. The van der Waals surface area contributed by atoms with Crippen molar-refractivity contribution in [2.45, 2.75) is 6.42 Å². The summed E-state index contributed by atoms with van der Waals surface area (Å²) < 4.78 is 22.8. The first kappa shape index (κ1) is 19.3. The van der Waals surface area contributed by atoms with Crippen LogP contribution in [0, 0.1) is 24.2 Å². The Balaban J connectivity index is 1.72. The van der Waals surface area contributed by atoms with Gasteiger partial charge in [0.2, 0.25) is 0 Å². The lowest BCUT2D eigenvalue weighted by Gasteiger charge is -2.12. The van der Waals surface area contributed by atoms with Gasteiger partial charge in [-0.3, -0.25) is 0 Å². The zero-order valence-corrected chi connectivity index (χ0v) is 17.1. The molecule has 4 rings (SSSR count). The first-order valence-electron chi connectivity index (χ1n) is 8.32. The van der Waals surface area contributed by atoms with Gasteiger partial charge in [0, 0.05) is 16.8 Å². The van der Waals surface area contributed by atoms with Crippen LogP contribution in [0.25, 0.3) is 11.0 Å². The SMILES string of the molecule is [CH2]n1nc(Cc2ccc(Br)c(Oc3cc(Cl)cc(C#N)c3)c2F)c2ccnnc21. The number of rotatable bonds is 4. The summed E-state index contributed by atoms with van der Waals surface area (Å²) in [6, 6.07) is 11.6. The van der Waals surface area contributed by atoms with Crippen molar-refractivity contribution in [2.75, 3.05) is 0 Å². The Kier molecular flexibility index (Phi) is 5.18. The number of hydrogen-bond donors (Lipinski definition) is 0. The fourth-order valence-electron chi connectivity index (χ4n) is 2.91. The summed E-state index contributed by atoms with van der Waals surface area (Å²) >= 11 is 9.32. The quantitative estimate of drug-likeness (QED) is 0.405. The summed E-state index contributed by atoms with van der Waals surface area (Å²) in [5.74, 6) is -0.299. The lowest BCUT2D eigenvalue weighted by atomic mass is 10.1. The monoisotopic (exact) mass is 470 g/mol. The standard InChI is InChI=1S/C20H11BrClFN5O/c1-28-20-15(4-5-25-26-20)17(27-28)8-12-2-3-16(21)19(18(12)23)29-14-7-11(10-24)6-13(22)9-14/h2-7,9H,1,8H2. The molecular formula is C20H11BrClFN5O. The van der Waals surface area contributed by atoms with Crippen molar-refractivity contribution in [2.24, 2.45) is 0 Å². The van der Waals surface area contributed by atoms with E-state index >= 15 is 4.39 Å². The molecule has 0 atom stereocenters. The third-order valence-electron chi connectivity index (χ3n) is 4.21. The maximum Gasteiger partial charge on any atom is 0.180 e. The summed E-state index contributed by atoms with van der Waals surface area (Å²) in [7, 11) is 3.78. The minimum atomic E-state index is -0.549. The second-order valence-electron chi connectivity index (χ2n) is 6.13. The lowest BCUT2D eigenvalue weighted by molar-refractivity contribution is 0.436. The molecule has 0 aliphatic heterocycles. The van der Waals surface area contributed by atoms with Crippen molar-refractivity contribution in [1.82, 2.24) is 20.0 Å². The van der Waals surface area contributed by atoms with Gasteiger partial charge in [-0.25, -0.2) is 9.07 Å². The van der Waals surface area contributed by atoms with Gasteiger partial charge in [-0.2, -0.15) is 15.5 Å². The summed E-state index contributed by atoms with van der Waals surface area (Å²) in [5, 5.41) is 22.3. The van der Waals surface area contributed by atoms with Crippen molar-refractivity contribution in [3.05, 3.63) is 81.8 Å². The van der Waals surface area contributed by atoms with Gasteiger partial charge in [0.1, 0.15) is 5.75 Å². The third kappa shape index (κ3) is 3.79. The summed E-state index contributed by atoms with van der Waals surface area (Å²) in [5.41, 5.74) is 1.82. The van der Waals surface area contributed by atoms with Crippen LogP contribution in [0.2, 0.25) is 5.02 Å². The smallest absolute Gasteiger partial charge is 0.180 e. The van der Waals surface area contributed by atoms with E-state index in [9.17, 15) is 0 Å². The maximum atomic E-state index is 15.3. The molecule has 0 amide bonds. The van der Waals surface area contributed by atoms with E-state index in [-0.39, 0.29) is 17.9 Å². The van der Waals surface area contributed by atoms with Gasteiger partial charge >= 0.3 is 0 Å². The van der Waals surface area contributed by atoms with Crippen LogP contribution >= 0.6 is 27.5 Å². The largest absolute Gasteiger partial charge is 0.453 e. The molecule has 0 aliphatic carbocycles. The van der Waals surface area contributed by atoms with Gasteiger partial charge in [-0.05, 0) is 51.8 Å². The topological polar surface area (TPSA) is 76.6 Å². The number of nitriles is 1. The summed E-state index contributed by atoms with van der Waals surface area (Å²) in [6.45, 7) is 0. The Labute approximate surface area is 178 Å². The highest BCUT2D eigenvalue weighted by Crippen LogP contribution is 2.36. The van der Waals surface area contributed by atoms with Crippen LogP contribution in [0.5, 0.6) is 11.5 Å². The highest BCUT2D eigenvalue weighted by molar-refractivity contribution is 9.10. The van der Waals surface area contributed by atoms with Gasteiger partial charge < -0.3 is 4.74 Å². The van der Waals surface area contributed by atoms with Gasteiger partial charge in [-0.1, -0.05) is 17.7 Å². The Morgan fingerprint density at radius 3 is 2.90 bits per heavy atom. The highest BCUT2D eigenvalue weighted by atomic mass is 79.9. The molecule has 0 saturated heterocycles. The van der Waals surface area contributed by atoms with Gasteiger partial charge in [0.05, 0.1) is 35.0 Å². The Bertz CT molecular complexity index is 1280. The van der Waals surface area contributed by atoms with Crippen molar-refractivity contribution in [1.29, 1.82) is 5.26 Å². The Hall–Kier alpha value is -3.02. The molecular weight excluding hydrogens is 461 g/mol. The minimum Gasteiger partial charge on any atom is -0.453 e. The van der Waals surface area contributed by atoms with Crippen LogP contribution < -0.4 is 4.74 Å². The average Bonchev–Trinajstić information content (AvgIpc) is 3.03. The zero-order valence-electron chi connectivity index (χ0n) is 14.7.